The van der Waals surface area contributed by atoms with Crippen molar-refractivity contribution in [2.45, 2.75) is 13.5 Å². The van der Waals surface area contributed by atoms with E-state index in [9.17, 15) is 14.4 Å². The van der Waals surface area contributed by atoms with Crippen molar-refractivity contribution in [2.24, 2.45) is 0 Å². The lowest BCUT2D eigenvalue weighted by molar-refractivity contribution is 0.0599. The normalized spacial score (nSPS) is 10.8. The van der Waals surface area contributed by atoms with E-state index in [-0.39, 0.29) is 23.1 Å². The van der Waals surface area contributed by atoms with E-state index in [0.717, 1.165) is 5.56 Å². The average Bonchev–Trinajstić information content (AvgIpc) is 2.58. The van der Waals surface area contributed by atoms with Gasteiger partial charge in [-0.25, -0.2) is 14.6 Å². The fourth-order valence-corrected chi connectivity index (χ4v) is 2.52. The number of rotatable bonds is 3. The van der Waals surface area contributed by atoms with Gasteiger partial charge in [-0.3, -0.25) is 14.3 Å². The molecular weight excluding hydrogens is 310 g/mol. The lowest BCUT2D eigenvalue weighted by Gasteiger charge is -2.11. The SMILES string of the molecule is COC(=O)c1cc2c(=O)[nH]c(=O)n(Cc3ccccc3)c2nc1C. The zero-order valence-corrected chi connectivity index (χ0v) is 13.2. The van der Waals surface area contributed by atoms with Crippen molar-refractivity contribution in [1.82, 2.24) is 14.5 Å². The summed E-state index contributed by atoms with van der Waals surface area (Å²) in [6.45, 7) is 1.89. The zero-order valence-electron chi connectivity index (χ0n) is 13.2. The van der Waals surface area contributed by atoms with E-state index in [1.807, 2.05) is 30.3 Å². The van der Waals surface area contributed by atoms with Crippen molar-refractivity contribution >= 4 is 17.0 Å². The first-order valence-electron chi connectivity index (χ1n) is 7.28. The fraction of sp³-hybridized carbons (Fsp3) is 0.176. The van der Waals surface area contributed by atoms with Crippen molar-refractivity contribution in [3.05, 3.63) is 74.1 Å². The first-order valence-corrected chi connectivity index (χ1v) is 7.28. The maximum atomic E-state index is 12.2. The molecular formula is C17H15N3O4. The smallest absolute Gasteiger partial charge is 0.339 e. The molecule has 0 unspecified atom stereocenters. The van der Waals surface area contributed by atoms with Gasteiger partial charge in [0.05, 0.1) is 30.3 Å². The number of ether oxygens (including phenoxy) is 1. The van der Waals surface area contributed by atoms with Crippen LogP contribution < -0.4 is 11.2 Å². The Bertz CT molecular complexity index is 1040. The van der Waals surface area contributed by atoms with Gasteiger partial charge in [-0.2, -0.15) is 0 Å². The number of aromatic nitrogens is 3. The molecule has 0 amide bonds. The molecule has 0 fully saturated rings. The fourth-order valence-electron chi connectivity index (χ4n) is 2.52. The molecule has 2 heterocycles. The molecule has 0 saturated heterocycles. The lowest BCUT2D eigenvalue weighted by atomic mass is 10.1. The van der Waals surface area contributed by atoms with Crippen LogP contribution in [0.4, 0.5) is 0 Å². The summed E-state index contributed by atoms with van der Waals surface area (Å²) in [6, 6.07) is 10.8. The molecule has 1 aromatic carbocycles. The average molecular weight is 325 g/mol. The van der Waals surface area contributed by atoms with E-state index >= 15 is 0 Å². The van der Waals surface area contributed by atoms with Gasteiger partial charge in [-0.05, 0) is 18.6 Å². The summed E-state index contributed by atoms with van der Waals surface area (Å²) in [6.07, 6.45) is 0. The second-order valence-electron chi connectivity index (χ2n) is 5.32. The van der Waals surface area contributed by atoms with E-state index in [1.54, 1.807) is 6.92 Å². The number of fused-ring (bicyclic) bond motifs is 1. The standard InChI is InChI=1S/C17H15N3O4/c1-10-12(16(22)24-2)8-13-14(18-10)20(17(23)19-15(13)21)9-11-6-4-3-5-7-11/h3-8H,9H2,1-2H3,(H,19,21,23). The second-order valence-corrected chi connectivity index (χ2v) is 5.32. The Morgan fingerprint density at radius 3 is 2.62 bits per heavy atom. The summed E-state index contributed by atoms with van der Waals surface area (Å²) in [5, 5.41) is 0.163. The number of aryl methyl sites for hydroxylation is 1. The Balaban J connectivity index is 2.27. The highest BCUT2D eigenvalue weighted by Crippen LogP contribution is 2.14. The summed E-state index contributed by atoms with van der Waals surface area (Å²) in [5.74, 6) is -0.581. The topological polar surface area (TPSA) is 94.0 Å². The van der Waals surface area contributed by atoms with Gasteiger partial charge in [-0.1, -0.05) is 30.3 Å². The molecule has 0 radical (unpaired) electrons. The number of benzene rings is 1. The number of nitrogens with one attached hydrogen (secondary N) is 1. The van der Waals surface area contributed by atoms with Crippen LogP contribution in [0.1, 0.15) is 21.6 Å². The molecule has 0 bridgehead atoms. The van der Waals surface area contributed by atoms with E-state index in [1.165, 1.54) is 17.7 Å². The number of esters is 1. The van der Waals surface area contributed by atoms with Crippen molar-refractivity contribution in [3.63, 3.8) is 0 Å². The van der Waals surface area contributed by atoms with Crippen LogP contribution in [-0.2, 0) is 11.3 Å². The molecule has 0 aliphatic rings. The Labute approximate surface area is 136 Å². The molecule has 0 aliphatic carbocycles. The van der Waals surface area contributed by atoms with Crippen LogP contribution >= 0.6 is 0 Å². The maximum absolute atomic E-state index is 12.2. The minimum atomic E-state index is -0.586. The summed E-state index contributed by atoms with van der Waals surface area (Å²) in [4.78, 5) is 42.7. The molecule has 7 heteroatoms. The lowest BCUT2D eigenvalue weighted by Crippen LogP contribution is -2.31. The van der Waals surface area contributed by atoms with Gasteiger partial charge in [0, 0.05) is 0 Å². The highest BCUT2D eigenvalue weighted by atomic mass is 16.5. The Morgan fingerprint density at radius 2 is 1.96 bits per heavy atom. The summed E-state index contributed by atoms with van der Waals surface area (Å²) in [5.41, 5.74) is 0.579. The Hall–Kier alpha value is -3.22. The maximum Gasteiger partial charge on any atom is 0.339 e. The number of H-pyrrole nitrogens is 1. The molecule has 1 N–H and O–H groups in total. The van der Waals surface area contributed by atoms with Crippen LogP contribution in [0.15, 0.2) is 46.0 Å². The number of carbonyl (C=O) groups is 1. The zero-order chi connectivity index (χ0) is 17.3. The molecule has 24 heavy (non-hydrogen) atoms. The Kier molecular flexibility index (Phi) is 3.99. The van der Waals surface area contributed by atoms with Crippen molar-refractivity contribution in [3.8, 4) is 0 Å². The van der Waals surface area contributed by atoms with E-state index in [2.05, 4.69) is 9.97 Å². The summed E-state index contributed by atoms with van der Waals surface area (Å²) >= 11 is 0. The summed E-state index contributed by atoms with van der Waals surface area (Å²) < 4.78 is 6.07. The highest BCUT2D eigenvalue weighted by Gasteiger charge is 2.16. The third-order valence-corrected chi connectivity index (χ3v) is 3.75. The largest absolute Gasteiger partial charge is 0.465 e. The quantitative estimate of drug-likeness (QED) is 0.731. The van der Waals surface area contributed by atoms with Crippen molar-refractivity contribution in [1.29, 1.82) is 0 Å². The van der Waals surface area contributed by atoms with Crippen molar-refractivity contribution in [2.75, 3.05) is 7.11 Å². The summed E-state index contributed by atoms with van der Waals surface area (Å²) in [7, 11) is 1.26. The van der Waals surface area contributed by atoms with Gasteiger partial charge >= 0.3 is 11.7 Å². The van der Waals surface area contributed by atoms with Gasteiger partial charge in [0.15, 0.2) is 0 Å². The number of pyridine rings is 1. The second kappa shape index (κ2) is 6.11. The molecule has 0 atom stereocenters. The van der Waals surface area contributed by atoms with Gasteiger partial charge in [0.1, 0.15) is 5.65 Å². The van der Waals surface area contributed by atoms with Gasteiger partial charge in [0.2, 0.25) is 0 Å². The first kappa shape index (κ1) is 15.7. The van der Waals surface area contributed by atoms with E-state index in [4.69, 9.17) is 4.74 Å². The monoisotopic (exact) mass is 325 g/mol. The molecule has 2 aromatic heterocycles. The van der Waals surface area contributed by atoms with Crippen LogP contribution in [0.2, 0.25) is 0 Å². The molecule has 0 spiro atoms. The predicted molar refractivity (Wildman–Crippen MR) is 88.2 cm³/mol. The molecule has 7 nitrogen and oxygen atoms in total. The Morgan fingerprint density at radius 1 is 1.25 bits per heavy atom. The van der Waals surface area contributed by atoms with Gasteiger partial charge in [-0.15, -0.1) is 0 Å². The van der Waals surface area contributed by atoms with Crippen molar-refractivity contribution < 1.29 is 9.53 Å². The van der Waals surface area contributed by atoms with Crippen LogP contribution in [0.3, 0.4) is 0 Å². The highest BCUT2D eigenvalue weighted by molar-refractivity contribution is 5.94. The van der Waals surface area contributed by atoms with Gasteiger partial charge in [0.25, 0.3) is 5.56 Å². The van der Waals surface area contributed by atoms with Crippen LogP contribution in [-0.4, -0.2) is 27.6 Å². The number of carbonyl (C=O) groups excluding carboxylic acids is 1. The van der Waals surface area contributed by atoms with Crippen LogP contribution in [0.25, 0.3) is 11.0 Å². The number of hydrogen-bond donors (Lipinski definition) is 1. The number of methoxy groups -OCH3 is 1. The third kappa shape index (κ3) is 2.71. The van der Waals surface area contributed by atoms with Crippen LogP contribution in [0, 0.1) is 6.92 Å². The minimum Gasteiger partial charge on any atom is -0.465 e. The first-order chi connectivity index (χ1) is 11.5. The molecule has 0 saturated carbocycles. The molecule has 3 rings (SSSR count). The van der Waals surface area contributed by atoms with E-state index < -0.39 is 17.2 Å². The number of hydrogen-bond acceptors (Lipinski definition) is 5. The molecule has 0 aliphatic heterocycles. The third-order valence-electron chi connectivity index (χ3n) is 3.75. The predicted octanol–water partition coefficient (Wildman–Crippen LogP) is 1.23. The molecule has 122 valence electrons. The molecule has 3 aromatic rings. The minimum absolute atomic E-state index is 0.163. The number of nitrogens with zero attached hydrogens (tertiary/aromatic N) is 2. The van der Waals surface area contributed by atoms with Gasteiger partial charge < -0.3 is 4.74 Å². The van der Waals surface area contributed by atoms with E-state index in [0.29, 0.717) is 5.69 Å². The van der Waals surface area contributed by atoms with Crippen LogP contribution in [0.5, 0.6) is 0 Å². The number of aromatic amines is 1.